The molecule has 4 aromatic heterocycles. The third-order valence-electron chi connectivity index (χ3n) is 11.8. The molecular formula is C56H38N4O2. The molecule has 294 valence electrons. The van der Waals surface area contributed by atoms with Crippen LogP contribution in [-0.4, -0.2) is 19.5 Å². The van der Waals surface area contributed by atoms with Crippen molar-refractivity contribution in [3.05, 3.63) is 182 Å². The maximum absolute atomic E-state index is 6.38. The zero-order chi connectivity index (χ0) is 41.3. The topological polar surface area (TPSA) is 69.9 Å². The summed E-state index contributed by atoms with van der Waals surface area (Å²) in [5, 5.41) is 11.0. The Bertz CT molecular complexity index is 3890. The molecule has 13 aromatic rings. The predicted octanol–water partition coefficient (Wildman–Crippen LogP) is 15.5. The van der Waals surface area contributed by atoms with Crippen molar-refractivity contribution in [3.8, 4) is 39.9 Å². The van der Waals surface area contributed by atoms with Crippen LogP contribution >= 0.6 is 0 Å². The summed E-state index contributed by atoms with van der Waals surface area (Å²) >= 11 is 0. The summed E-state index contributed by atoms with van der Waals surface area (Å²) in [6.07, 6.45) is 1.25. The predicted molar refractivity (Wildman–Crippen MR) is 256 cm³/mol. The first-order valence-corrected chi connectivity index (χ1v) is 21.2. The molecule has 0 aliphatic rings. The first-order chi connectivity index (χ1) is 30.6. The summed E-state index contributed by atoms with van der Waals surface area (Å²) in [5.74, 6) is 1.67. The molecule has 0 fully saturated rings. The smallest absolute Gasteiger partial charge is 0.238 e. The number of para-hydroxylation sites is 3. The lowest BCUT2D eigenvalue weighted by Gasteiger charge is -2.14. The van der Waals surface area contributed by atoms with Gasteiger partial charge in [0, 0.05) is 54.4 Å². The van der Waals surface area contributed by atoms with Gasteiger partial charge in [-0.3, -0.25) is 4.57 Å². The van der Waals surface area contributed by atoms with E-state index in [4.69, 9.17) is 23.8 Å². The Morgan fingerprint density at radius 1 is 0.371 bits per heavy atom. The van der Waals surface area contributed by atoms with Crippen molar-refractivity contribution < 1.29 is 8.83 Å². The van der Waals surface area contributed by atoms with Gasteiger partial charge in [-0.25, -0.2) is 4.98 Å². The highest BCUT2D eigenvalue weighted by atomic mass is 16.3. The van der Waals surface area contributed by atoms with Gasteiger partial charge in [0.1, 0.15) is 22.3 Å². The summed E-state index contributed by atoms with van der Waals surface area (Å²) in [6.45, 7) is 4.25. The average Bonchev–Trinajstić information content (AvgIpc) is 4.01. The van der Waals surface area contributed by atoms with Crippen molar-refractivity contribution >= 4 is 87.2 Å². The second kappa shape index (κ2) is 14.3. The van der Waals surface area contributed by atoms with Gasteiger partial charge >= 0.3 is 0 Å². The maximum atomic E-state index is 6.38. The van der Waals surface area contributed by atoms with Gasteiger partial charge in [0.25, 0.3) is 0 Å². The zero-order valence-corrected chi connectivity index (χ0v) is 34.1. The zero-order valence-electron chi connectivity index (χ0n) is 34.1. The second-order valence-electron chi connectivity index (χ2n) is 15.9. The molecule has 6 heteroatoms. The van der Waals surface area contributed by atoms with E-state index in [1.807, 2.05) is 30.3 Å². The molecule has 4 heterocycles. The highest BCUT2D eigenvalue weighted by Gasteiger charge is 2.23. The van der Waals surface area contributed by atoms with Gasteiger partial charge in [0.05, 0.1) is 11.0 Å². The van der Waals surface area contributed by atoms with Crippen LogP contribution in [0.3, 0.4) is 0 Å². The minimum Gasteiger partial charge on any atom is -0.456 e. The lowest BCUT2D eigenvalue weighted by molar-refractivity contribution is 0.668. The molecule has 0 amide bonds. The summed E-state index contributed by atoms with van der Waals surface area (Å²) in [7, 11) is 0. The van der Waals surface area contributed by atoms with Crippen LogP contribution in [0.5, 0.6) is 0 Å². The van der Waals surface area contributed by atoms with Crippen LogP contribution in [0.4, 0.5) is 0 Å². The molecular weight excluding hydrogens is 761 g/mol. The van der Waals surface area contributed by atoms with E-state index >= 15 is 0 Å². The first-order valence-electron chi connectivity index (χ1n) is 21.2. The maximum Gasteiger partial charge on any atom is 0.238 e. The van der Waals surface area contributed by atoms with E-state index in [9.17, 15) is 0 Å². The third kappa shape index (κ3) is 5.68. The average molecular weight is 799 g/mol. The molecule has 0 saturated heterocycles. The number of hydrogen-bond acceptors (Lipinski definition) is 5. The highest BCUT2D eigenvalue weighted by Crippen LogP contribution is 2.42. The quantitative estimate of drug-likeness (QED) is 0.177. The van der Waals surface area contributed by atoms with Crippen molar-refractivity contribution in [1.82, 2.24) is 19.5 Å². The molecule has 6 nitrogen and oxygen atoms in total. The third-order valence-corrected chi connectivity index (χ3v) is 11.8. The summed E-state index contributed by atoms with van der Waals surface area (Å²) in [6, 6.07) is 63.4. The number of fused-ring (bicyclic) bond motifs is 12. The van der Waals surface area contributed by atoms with Crippen molar-refractivity contribution in [2.75, 3.05) is 0 Å². The van der Waals surface area contributed by atoms with E-state index < -0.39 is 0 Å². The molecule has 0 unspecified atom stereocenters. The number of hydrogen-bond donors (Lipinski definition) is 0. The molecule has 0 aliphatic carbocycles. The van der Waals surface area contributed by atoms with Crippen molar-refractivity contribution in [3.63, 3.8) is 0 Å². The summed E-state index contributed by atoms with van der Waals surface area (Å²) < 4.78 is 14.9. The van der Waals surface area contributed by atoms with Crippen molar-refractivity contribution in [2.45, 2.75) is 20.3 Å². The van der Waals surface area contributed by atoms with Crippen LogP contribution in [-0.2, 0) is 0 Å². The van der Waals surface area contributed by atoms with Gasteiger partial charge < -0.3 is 8.83 Å². The highest BCUT2D eigenvalue weighted by molar-refractivity contribution is 6.21. The Morgan fingerprint density at radius 3 is 1.69 bits per heavy atom. The fourth-order valence-corrected chi connectivity index (χ4v) is 9.07. The van der Waals surface area contributed by atoms with E-state index in [-0.39, 0.29) is 0 Å². The summed E-state index contributed by atoms with van der Waals surface area (Å²) in [5.41, 5.74) is 9.29. The molecule has 0 radical (unpaired) electrons. The Balaban J connectivity index is 0.00000133. The fraction of sp³-hybridized carbons (Fsp3) is 0.0536. The summed E-state index contributed by atoms with van der Waals surface area (Å²) in [4.78, 5) is 16.0. The Kier molecular flexibility index (Phi) is 8.25. The van der Waals surface area contributed by atoms with Crippen LogP contribution in [0.2, 0.25) is 0 Å². The Hall–Kier alpha value is -8.09. The molecule has 62 heavy (non-hydrogen) atoms. The molecule has 0 N–H and O–H groups in total. The molecule has 0 aliphatic heterocycles. The standard InChI is InChI=1S/C53H30N4O2.C3H8/c1-2-12-33-28-35(21-20-31(33)10-1)51-54-52(36-23-25-41-39-14-5-7-18-45(39)59-48(41)30-36)56-53(55-51)57-49-37-13-4-3-11-32(37)22-26-43(49)42-17-9-16-38(50(42)57)34-24-27-47-44(29-34)40-15-6-8-19-46(40)58-47;1-3-2/h1-30H;3H2,1-2H3. The number of rotatable bonds is 4. The van der Waals surface area contributed by atoms with E-state index in [1.54, 1.807) is 0 Å². The number of aromatic nitrogens is 4. The SMILES string of the molecule is CCC.c1ccc2cc(-c3nc(-c4ccc5c(c4)oc4ccccc45)nc(-n4c5c(-c6ccc7oc8ccccc8c7c6)cccc5c5ccc6ccccc6c54)n3)ccc2c1. The van der Waals surface area contributed by atoms with Gasteiger partial charge in [-0.15, -0.1) is 0 Å². The van der Waals surface area contributed by atoms with E-state index in [0.717, 1.165) is 109 Å². The van der Waals surface area contributed by atoms with Crippen LogP contribution in [0.25, 0.3) is 127 Å². The second-order valence-corrected chi connectivity index (χ2v) is 15.9. The lowest BCUT2D eigenvalue weighted by atomic mass is 9.99. The largest absolute Gasteiger partial charge is 0.456 e. The van der Waals surface area contributed by atoms with Gasteiger partial charge in [0.15, 0.2) is 11.6 Å². The molecule has 9 aromatic carbocycles. The first kappa shape index (κ1) is 35.8. The Morgan fingerprint density at radius 2 is 0.903 bits per heavy atom. The molecule has 0 saturated carbocycles. The van der Waals surface area contributed by atoms with Crippen molar-refractivity contribution in [1.29, 1.82) is 0 Å². The Labute approximate surface area is 356 Å². The van der Waals surface area contributed by atoms with Crippen LogP contribution in [0.1, 0.15) is 20.3 Å². The fourth-order valence-electron chi connectivity index (χ4n) is 9.07. The van der Waals surface area contributed by atoms with Gasteiger partial charge in [0.2, 0.25) is 5.95 Å². The molecule has 0 bridgehead atoms. The number of furan rings is 2. The minimum absolute atomic E-state index is 0.529. The van der Waals surface area contributed by atoms with Crippen molar-refractivity contribution in [2.24, 2.45) is 0 Å². The lowest BCUT2D eigenvalue weighted by Crippen LogP contribution is -2.07. The number of nitrogens with zero attached hydrogens (tertiary/aromatic N) is 4. The van der Waals surface area contributed by atoms with Crippen LogP contribution in [0, 0.1) is 0 Å². The molecule has 13 rings (SSSR count). The monoisotopic (exact) mass is 798 g/mol. The van der Waals surface area contributed by atoms with E-state index in [1.165, 1.54) is 6.42 Å². The normalized spacial score (nSPS) is 11.8. The number of benzene rings is 9. The van der Waals surface area contributed by atoms with Gasteiger partial charge in [-0.05, 0) is 64.2 Å². The van der Waals surface area contributed by atoms with E-state index in [0.29, 0.717) is 17.6 Å². The van der Waals surface area contributed by atoms with E-state index in [2.05, 4.69) is 170 Å². The van der Waals surface area contributed by atoms with Gasteiger partial charge in [-0.2, -0.15) is 9.97 Å². The minimum atomic E-state index is 0.529. The van der Waals surface area contributed by atoms with Crippen LogP contribution < -0.4 is 0 Å². The molecule has 0 atom stereocenters. The van der Waals surface area contributed by atoms with Crippen LogP contribution in [0.15, 0.2) is 191 Å². The van der Waals surface area contributed by atoms with Gasteiger partial charge in [-0.1, -0.05) is 160 Å². The molecule has 0 spiro atoms.